The summed E-state index contributed by atoms with van der Waals surface area (Å²) in [5, 5.41) is 0.705. The largest absolute Gasteiger partial charge is 0.339 e. The Bertz CT molecular complexity index is 466. The molecule has 0 atom stereocenters. The molecular formula is C15H23N3OS. The predicted molar refractivity (Wildman–Crippen MR) is 81.8 cm³/mol. The summed E-state index contributed by atoms with van der Waals surface area (Å²) in [5.41, 5.74) is 1.90. The summed E-state index contributed by atoms with van der Waals surface area (Å²) in [4.78, 5) is 23.1. The molecule has 0 unspecified atom stereocenters. The molecule has 1 aliphatic rings. The first-order chi connectivity index (χ1) is 9.45. The van der Waals surface area contributed by atoms with Crippen molar-refractivity contribution in [2.45, 2.75) is 51.7 Å². The summed E-state index contributed by atoms with van der Waals surface area (Å²) < 4.78 is 0. The minimum absolute atomic E-state index is 0.217. The number of amides is 1. The van der Waals surface area contributed by atoms with Crippen LogP contribution in [0.25, 0.3) is 0 Å². The smallest absolute Gasteiger partial charge is 0.233 e. The molecule has 1 aliphatic carbocycles. The molecule has 1 saturated carbocycles. The average Bonchev–Trinajstić information content (AvgIpc) is 3.15. The maximum absolute atomic E-state index is 12.4. The zero-order valence-corrected chi connectivity index (χ0v) is 13.5. The quantitative estimate of drug-likeness (QED) is 0.597. The standard InChI is InChI=1S/C15H23N3OS/c1-10(2)8-18(13-5-6-13)14(19)9-20-15-16-11(3)7-12(4)17-15/h7,10,13H,5-6,8-9H2,1-4H3. The minimum atomic E-state index is 0.217. The summed E-state index contributed by atoms with van der Waals surface area (Å²) in [7, 11) is 0. The third-order valence-corrected chi connectivity index (χ3v) is 3.99. The highest BCUT2D eigenvalue weighted by molar-refractivity contribution is 7.99. The van der Waals surface area contributed by atoms with Crippen LogP contribution < -0.4 is 0 Å². The molecule has 0 aliphatic heterocycles. The van der Waals surface area contributed by atoms with E-state index in [2.05, 4.69) is 23.8 Å². The first kappa shape index (κ1) is 15.3. The lowest BCUT2D eigenvalue weighted by molar-refractivity contribution is -0.129. The molecule has 0 spiro atoms. The van der Waals surface area contributed by atoms with Gasteiger partial charge in [0.05, 0.1) is 5.75 Å². The maximum atomic E-state index is 12.4. The lowest BCUT2D eigenvalue weighted by atomic mass is 10.2. The van der Waals surface area contributed by atoms with Gasteiger partial charge in [0.25, 0.3) is 0 Å². The van der Waals surface area contributed by atoms with Crippen LogP contribution in [0.3, 0.4) is 0 Å². The van der Waals surface area contributed by atoms with Crippen LogP contribution in [0.5, 0.6) is 0 Å². The summed E-state index contributed by atoms with van der Waals surface area (Å²) in [5.74, 6) is 1.17. The van der Waals surface area contributed by atoms with Gasteiger partial charge in [0.15, 0.2) is 5.16 Å². The van der Waals surface area contributed by atoms with Crippen LogP contribution in [0.15, 0.2) is 11.2 Å². The van der Waals surface area contributed by atoms with E-state index in [0.717, 1.165) is 30.8 Å². The Morgan fingerprint density at radius 1 is 1.35 bits per heavy atom. The van der Waals surface area contributed by atoms with Crippen molar-refractivity contribution in [1.82, 2.24) is 14.9 Å². The first-order valence-corrected chi connectivity index (χ1v) is 8.19. The first-order valence-electron chi connectivity index (χ1n) is 7.20. The van der Waals surface area contributed by atoms with Crippen molar-refractivity contribution in [3.63, 3.8) is 0 Å². The monoisotopic (exact) mass is 293 g/mol. The molecule has 4 nitrogen and oxygen atoms in total. The van der Waals surface area contributed by atoms with Crippen molar-refractivity contribution >= 4 is 17.7 Å². The van der Waals surface area contributed by atoms with E-state index >= 15 is 0 Å². The Hall–Kier alpha value is -1.10. The number of hydrogen-bond donors (Lipinski definition) is 0. The maximum Gasteiger partial charge on any atom is 0.233 e. The predicted octanol–water partition coefficient (Wildman–Crippen LogP) is 2.83. The number of rotatable bonds is 6. The number of aryl methyl sites for hydroxylation is 2. The van der Waals surface area contributed by atoms with Crippen molar-refractivity contribution in [3.05, 3.63) is 17.5 Å². The fourth-order valence-corrected chi connectivity index (χ4v) is 3.04. The van der Waals surface area contributed by atoms with Crippen LogP contribution in [0.2, 0.25) is 0 Å². The molecule has 1 fully saturated rings. The van der Waals surface area contributed by atoms with Crippen LogP contribution in [0, 0.1) is 19.8 Å². The van der Waals surface area contributed by atoms with Crippen LogP contribution >= 0.6 is 11.8 Å². The highest BCUT2D eigenvalue weighted by Gasteiger charge is 2.32. The van der Waals surface area contributed by atoms with E-state index in [1.54, 1.807) is 0 Å². The lowest BCUT2D eigenvalue weighted by Gasteiger charge is -2.24. The molecule has 1 amide bonds. The molecular weight excluding hydrogens is 270 g/mol. The van der Waals surface area contributed by atoms with Gasteiger partial charge >= 0.3 is 0 Å². The molecule has 0 aromatic carbocycles. The fourth-order valence-electron chi connectivity index (χ4n) is 2.20. The molecule has 110 valence electrons. The Morgan fingerprint density at radius 2 is 1.95 bits per heavy atom. The molecule has 0 radical (unpaired) electrons. The number of nitrogens with zero attached hydrogens (tertiary/aromatic N) is 3. The number of carbonyl (C=O) groups is 1. The fraction of sp³-hybridized carbons (Fsp3) is 0.667. The summed E-state index contributed by atoms with van der Waals surface area (Å²) >= 11 is 1.44. The van der Waals surface area contributed by atoms with Crippen LogP contribution in [-0.4, -0.2) is 39.1 Å². The minimum Gasteiger partial charge on any atom is -0.339 e. The van der Waals surface area contributed by atoms with E-state index in [0.29, 0.717) is 22.9 Å². The van der Waals surface area contributed by atoms with E-state index in [1.807, 2.05) is 24.8 Å². The highest BCUT2D eigenvalue weighted by Crippen LogP contribution is 2.28. The molecule has 20 heavy (non-hydrogen) atoms. The molecule has 2 rings (SSSR count). The zero-order chi connectivity index (χ0) is 14.7. The summed E-state index contributed by atoms with van der Waals surface area (Å²) in [6.45, 7) is 9.08. The Balaban J connectivity index is 1.92. The second kappa shape index (κ2) is 6.57. The number of hydrogen-bond acceptors (Lipinski definition) is 4. The Morgan fingerprint density at radius 3 is 2.45 bits per heavy atom. The Kier molecular flexibility index (Phi) is 5.02. The zero-order valence-electron chi connectivity index (χ0n) is 12.7. The summed E-state index contributed by atoms with van der Waals surface area (Å²) in [6.07, 6.45) is 2.31. The van der Waals surface area contributed by atoms with E-state index in [9.17, 15) is 4.79 Å². The van der Waals surface area contributed by atoms with Gasteiger partial charge in [0.1, 0.15) is 0 Å². The van der Waals surface area contributed by atoms with Crippen molar-refractivity contribution in [3.8, 4) is 0 Å². The van der Waals surface area contributed by atoms with Gasteiger partial charge < -0.3 is 4.90 Å². The normalized spacial score (nSPS) is 14.7. The van der Waals surface area contributed by atoms with Crippen molar-refractivity contribution in [1.29, 1.82) is 0 Å². The second-order valence-corrected chi connectivity index (χ2v) is 6.84. The topological polar surface area (TPSA) is 46.1 Å². The molecule has 5 heteroatoms. The van der Waals surface area contributed by atoms with Gasteiger partial charge in [0, 0.05) is 24.0 Å². The van der Waals surface area contributed by atoms with Gasteiger partial charge in [-0.05, 0) is 38.7 Å². The lowest BCUT2D eigenvalue weighted by Crippen LogP contribution is -2.37. The molecule has 1 heterocycles. The third kappa shape index (κ3) is 4.47. The van der Waals surface area contributed by atoms with Gasteiger partial charge in [-0.2, -0.15) is 0 Å². The van der Waals surface area contributed by atoms with Gasteiger partial charge in [-0.1, -0.05) is 25.6 Å². The number of carbonyl (C=O) groups excluding carboxylic acids is 1. The van der Waals surface area contributed by atoms with Crippen molar-refractivity contribution < 1.29 is 4.79 Å². The van der Waals surface area contributed by atoms with Gasteiger partial charge in [-0.3, -0.25) is 4.79 Å². The number of thioether (sulfide) groups is 1. The molecule has 0 N–H and O–H groups in total. The SMILES string of the molecule is Cc1cc(C)nc(SCC(=O)N(CC(C)C)C2CC2)n1. The van der Waals surface area contributed by atoms with Crippen LogP contribution in [0.1, 0.15) is 38.1 Å². The van der Waals surface area contributed by atoms with Gasteiger partial charge in [-0.25, -0.2) is 9.97 Å². The van der Waals surface area contributed by atoms with Gasteiger partial charge in [-0.15, -0.1) is 0 Å². The Labute approximate surface area is 125 Å². The van der Waals surface area contributed by atoms with Gasteiger partial charge in [0.2, 0.25) is 5.91 Å². The van der Waals surface area contributed by atoms with Crippen molar-refractivity contribution in [2.75, 3.05) is 12.3 Å². The molecule has 1 aromatic heterocycles. The molecule has 0 saturated heterocycles. The van der Waals surface area contributed by atoms with Crippen LogP contribution in [0.4, 0.5) is 0 Å². The molecule has 1 aromatic rings. The van der Waals surface area contributed by atoms with E-state index in [-0.39, 0.29) is 5.91 Å². The van der Waals surface area contributed by atoms with Crippen molar-refractivity contribution in [2.24, 2.45) is 5.92 Å². The highest BCUT2D eigenvalue weighted by atomic mass is 32.2. The summed E-state index contributed by atoms with van der Waals surface area (Å²) in [6, 6.07) is 2.42. The van der Waals surface area contributed by atoms with E-state index in [1.165, 1.54) is 11.8 Å². The van der Waals surface area contributed by atoms with E-state index < -0.39 is 0 Å². The average molecular weight is 293 g/mol. The number of aromatic nitrogens is 2. The third-order valence-electron chi connectivity index (χ3n) is 3.16. The second-order valence-electron chi connectivity index (χ2n) is 5.89. The van der Waals surface area contributed by atoms with Crippen LogP contribution in [-0.2, 0) is 4.79 Å². The van der Waals surface area contributed by atoms with E-state index in [4.69, 9.17) is 0 Å². The molecule has 0 bridgehead atoms.